The SMILES string of the molecule is COC1CC(CC(=O)O)N(C(=O)COc2ccc(Oc3ccccn3)cc2)C1. The first kappa shape index (κ1) is 19.6. The Labute approximate surface area is 162 Å². The molecule has 2 aromatic rings. The van der Waals surface area contributed by atoms with Gasteiger partial charge in [-0.3, -0.25) is 9.59 Å². The molecule has 0 saturated carbocycles. The van der Waals surface area contributed by atoms with Gasteiger partial charge in [0.15, 0.2) is 6.61 Å². The van der Waals surface area contributed by atoms with Crippen LogP contribution < -0.4 is 9.47 Å². The first-order valence-corrected chi connectivity index (χ1v) is 8.91. The van der Waals surface area contributed by atoms with Crippen molar-refractivity contribution in [2.75, 3.05) is 20.3 Å². The van der Waals surface area contributed by atoms with Crippen molar-refractivity contribution in [2.24, 2.45) is 0 Å². The molecular formula is C20H22N2O6. The standard InChI is InChI=1S/C20H22N2O6/c1-26-17-10-14(11-20(24)25)22(12-17)19(23)13-27-15-5-7-16(8-6-15)28-18-4-2-3-9-21-18/h2-9,14,17H,10-13H2,1H3,(H,24,25). The predicted octanol–water partition coefficient (Wildman–Crippen LogP) is 2.34. The summed E-state index contributed by atoms with van der Waals surface area (Å²) in [5.41, 5.74) is 0. The molecule has 0 bridgehead atoms. The van der Waals surface area contributed by atoms with Crippen LogP contribution in [-0.2, 0) is 14.3 Å². The maximum atomic E-state index is 12.5. The zero-order chi connectivity index (χ0) is 19.9. The van der Waals surface area contributed by atoms with Crippen molar-refractivity contribution in [3.63, 3.8) is 0 Å². The molecule has 1 aliphatic heterocycles. The Morgan fingerprint density at radius 2 is 1.93 bits per heavy atom. The molecule has 2 atom stereocenters. The van der Waals surface area contributed by atoms with E-state index in [1.54, 1.807) is 49.7 Å². The molecule has 148 valence electrons. The Hall–Kier alpha value is -3.13. The minimum atomic E-state index is -0.941. The molecule has 1 saturated heterocycles. The van der Waals surface area contributed by atoms with Gasteiger partial charge in [-0.1, -0.05) is 6.07 Å². The van der Waals surface area contributed by atoms with Crippen LogP contribution in [0.1, 0.15) is 12.8 Å². The van der Waals surface area contributed by atoms with Crippen LogP contribution in [-0.4, -0.2) is 59.3 Å². The van der Waals surface area contributed by atoms with E-state index in [9.17, 15) is 9.59 Å². The van der Waals surface area contributed by atoms with Crippen molar-refractivity contribution in [3.05, 3.63) is 48.7 Å². The second-order valence-corrected chi connectivity index (χ2v) is 6.42. The maximum Gasteiger partial charge on any atom is 0.305 e. The number of aromatic nitrogens is 1. The van der Waals surface area contributed by atoms with Crippen molar-refractivity contribution >= 4 is 11.9 Å². The lowest BCUT2D eigenvalue weighted by atomic mass is 10.1. The lowest BCUT2D eigenvalue weighted by molar-refractivity contribution is -0.140. The molecule has 2 heterocycles. The number of carboxylic acid groups (broad SMARTS) is 1. The number of aliphatic carboxylic acids is 1. The number of pyridine rings is 1. The van der Waals surface area contributed by atoms with Crippen molar-refractivity contribution < 1.29 is 28.9 Å². The fraction of sp³-hybridized carbons (Fsp3) is 0.350. The summed E-state index contributed by atoms with van der Waals surface area (Å²) in [7, 11) is 1.56. The highest BCUT2D eigenvalue weighted by atomic mass is 16.5. The molecule has 2 unspecified atom stereocenters. The highest BCUT2D eigenvalue weighted by Crippen LogP contribution is 2.24. The van der Waals surface area contributed by atoms with Gasteiger partial charge in [-0.15, -0.1) is 0 Å². The van der Waals surface area contributed by atoms with Crippen molar-refractivity contribution in [3.8, 4) is 17.4 Å². The molecule has 1 aromatic carbocycles. The number of ether oxygens (including phenoxy) is 3. The summed E-state index contributed by atoms with van der Waals surface area (Å²) in [6, 6.07) is 11.8. The maximum absolute atomic E-state index is 12.5. The quantitative estimate of drug-likeness (QED) is 0.743. The summed E-state index contributed by atoms with van der Waals surface area (Å²) < 4.78 is 16.4. The number of benzene rings is 1. The third kappa shape index (κ3) is 5.20. The smallest absolute Gasteiger partial charge is 0.305 e. The molecule has 0 radical (unpaired) electrons. The van der Waals surface area contributed by atoms with Gasteiger partial charge in [0.1, 0.15) is 11.5 Å². The van der Waals surface area contributed by atoms with E-state index < -0.39 is 5.97 Å². The summed E-state index contributed by atoms with van der Waals surface area (Å²) in [6.07, 6.45) is 1.89. The average molecular weight is 386 g/mol. The zero-order valence-corrected chi connectivity index (χ0v) is 15.5. The lowest BCUT2D eigenvalue weighted by Crippen LogP contribution is -2.40. The Balaban J connectivity index is 1.54. The van der Waals surface area contributed by atoms with E-state index in [2.05, 4.69) is 4.98 Å². The third-order valence-corrected chi connectivity index (χ3v) is 4.49. The number of methoxy groups -OCH3 is 1. The Morgan fingerprint density at radius 1 is 1.18 bits per heavy atom. The van der Waals surface area contributed by atoms with E-state index in [1.807, 2.05) is 6.07 Å². The number of hydrogen-bond acceptors (Lipinski definition) is 6. The van der Waals surface area contributed by atoms with Crippen LogP contribution in [0, 0.1) is 0 Å². The molecule has 8 heteroatoms. The van der Waals surface area contributed by atoms with E-state index in [0.717, 1.165) is 0 Å². The number of carbonyl (C=O) groups excluding carboxylic acids is 1. The minimum absolute atomic E-state index is 0.106. The normalized spacial score (nSPS) is 18.7. The number of carbonyl (C=O) groups is 2. The van der Waals surface area contributed by atoms with E-state index >= 15 is 0 Å². The summed E-state index contributed by atoms with van der Waals surface area (Å²) in [4.78, 5) is 29.1. The van der Waals surface area contributed by atoms with Gasteiger partial charge in [-0.25, -0.2) is 4.98 Å². The number of carboxylic acids is 1. The molecule has 0 aliphatic carbocycles. The van der Waals surface area contributed by atoms with E-state index in [4.69, 9.17) is 19.3 Å². The van der Waals surface area contributed by atoms with Gasteiger partial charge in [0.25, 0.3) is 5.91 Å². The van der Waals surface area contributed by atoms with E-state index in [-0.39, 0.29) is 31.1 Å². The molecular weight excluding hydrogens is 364 g/mol. The second-order valence-electron chi connectivity index (χ2n) is 6.42. The van der Waals surface area contributed by atoms with Gasteiger partial charge in [-0.2, -0.15) is 0 Å². The average Bonchev–Trinajstić information content (AvgIpc) is 3.10. The van der Waals surface area contributed by atoms with Crippen LogP contribution in [0.15, 0.2) is 48.7 Å². The molecule has 1 aliphatic rings. The van der Waals surface area contributed by atoms with Gasteiger partial charge in [-0.05, 0) is 36.8 Å². The molecule has 1 aromatic heterocycles. The van der Waals surface area contributed by atoms with Crippen LogP contribution in [0.3, 0.4) is 0 Å². The number of amides is 1. The first-order chi connectivity index (χ1) is 13.5. The van der Waals surface area contributed by atoms with E-state index in [1.165, 1.54) is 4.90 Å². The summed E-state index contributed by atoms with van der Waals surface area (Å²) in [5, 5.41) is 9.05. The number of likely N-dealkylation sites (tertiary alicyclic amines) is 1. The van der Waals surface area contributed by atoms with Crippen LogP contribution in [0.4, 0.5) is 0 Å². The van der Waals surface area contributed by atoms with Crippen LogP contribution in [0.5, 0.6) is 17.4 Å². The fourth-order valence-corrected chi connectivity index (χ4v) is 3.11. The van der Waals surface area contributed by atoms with Gasteiger partial charge in [0.2, 0.25) is 5.88 Å². The molecule has 0 spiro atoms. The van der Waals surface area contributed by atoms with Crippen LogP contribution in [0.25, 0.3) is 0 Å². The molecule has 8 nitrogen and oxygen atoms in total. The van der Waals surface area contributed by atoms with Gasteiger partial charge in [0, 0.05) is 32.0 Å². The van der Waals surface area contributed by atoms with Gasteiger partial charge in [0.05, 0.1) is 12.5 Å². The second kappa shape index (κ2) is 9.18. The fourth-order valence-electron chi connectivity index (χ4n) is 3.11. The third-order valence-electron chi connectivity index (χ3n) is 4.49. The molecule has 28 heavy (non-hydrogen) atoms. The van der Waals surface area contributed by atoms with Gasteiger partial charge < -0.3 is 24.2 Å². The highest BCUT2D eigenvalue weighted by molar-refractivity contribution is 5.79. The summed E-state index contributed by atoms with van der Waals surface area (Å²) in [6.45, 7) is 0.195. The van der Waals surface area contributed by atoms with Gasteiger partial charge >= 0.3 is 5.97 Å². The summed E-state index contributed by atoms with van der Waals surface area (Å²) in [5.74, 6) is 0.390. The Bertz CT molecular complexity index is 796. The first-order valence-electron chi connectivity index (χ1n) is 8.91. The largest absolute Gasteiger partial charge is 0.484 e. The van der Waals surface area contributed by atoms with E-state index in [0.29, 0.717) is 30.3 Å². The topological polar surface area (TPSA) is 98.2 Å². The molecule has 1 amide bonds. The monoisotopic (exact) mass is 386 g/mol. The highest BCUT2D eigenvalue weighted by Gasteiger charge is 2.36. The molecule has 1 fully saturated rings. The van der Waals surface area contributed by atoms with Crippen molar-refractivity contribution in [1.29, 1.82) is 0 Å². The minimum Gasteiger partial charge on any atom is -0.484 e. The molecule has 1 N–H and O–H groups in total. The number of nitrogens with zero attached hydrogens (tertiary/aromatic N) is 2. The number of hydrogen-bond donors (Lipinski definition) is 1. The molecule has 3 rings (SSSR count). The van der Waals surface area contributed by atoms with Crippen molar-refractivity contribution in [2.45, 2.75) is 25.0 Å². The van der Waals surface area contributed by atoms with Crippen LogP contribution in [0.2, 0.25) is 0 Å². The van der Waals surface area contributed by atoms with Crippen molar-refractivity contribution in [1.82, 2.24) is 9.88 Å². The Morgan fingerprint density at radius 3 is 2.57 bits per heavy atom. The predicted molar refractivity (Wildman–Crippen MR) is 99.4 cm³/mol. The zero-order valence-electron chi connectivity index (χ0n) is 15.5. The summed E-state index contributed by atoms with van der Waals surface area (Å²) >= 11 is 0. The number of rotatable bonds is 8. The lowest BCUT2D eigenvalue weighted by Gasteiger charge is -2.23. The van der Waals surface area contributed by atoms with Crippen LogP contribution >= 0.6 is 0 Å². The Kier molecular flexibility index (Phi) is 6.44.